The molecular formula is C63H40N6. The smallest absolute Gasteiger partial charge is 0.164 e. The minimum atomic E-state index is 0.627. The van der Waals surface area contributed by atoms with E-state index in [0.717, 1.165) is 66.9 Å². The van der Waals surface area contributed by atoms with Crippen molar-refractivity contribution in [2.24, 2.45) is 0 Å². The van der Waals surface area contributed by atoms with E-state index in [9.17, 15) is 0 Å². The molecule has 6 nitrogen and oxygen atoms in total. The summed E-state index contributed by atoms with van der Waals surface area (Å²) in [5.41, 5.74) is 15.2. The van der Waals surface area contributed by atoms with Gasteiger partial charge in [-0.3, -0.25) is 0 Å². The molecule has 0 aliphatic rings. The molecule has 0 spiro atoms. The minimum Gasteiger partial charge on any atom is -0.309 e. The Kier molecular flexibility index (Phi) is 8.79. The monoisotopic (exact) mass is 880 g/mol. The summed E-state index contributed by atoms with van der Waals surface area (Å²) in [7, 11) is 0. The van der Waals surface area contributed by atoms with Gasteiger partial charge in [0.15, 0.2) is 17.5 Å². The van der Waals surface area contributed by atoms with Crippen LogP contribution in [-0.4, -0.2) is 28.7 Å². The third-order valence-corrected chi connectivity index (χ3v) is 13.7. The van der Waals surface area contributed by atoms with E-state index < -0.39 is 0 Å². The molecule has 0 saturated heterocycles. The summed E-state index contributed by atoms with van der Waals surface area (Å²) < 4.78 is 7.34. The van der Waals surface area contributed by atoms with Gasteiger partial charge in [-0.25, -0.2) is 15.0 Å². The zero-order chi connectivity index (χ0) is 45.4. The van der Waals surface area contributed by atoms with Crippen LogP contribution in [0.2, 0.25) is 0 Å². The van der Waals surface area contributed by atoms with Crippen molar-refractivity contribution in [1.82, 2.24) is 28.7 Å². The Hall–Kier alpha value is -9.39. The molecule has 14 aromatic rings. The summed E-state index contributed by atoms with van der Waals surface area (Å²) in [6, 6.07) is 86.6. The molecule has 0 fully saturated rings. The number of para-hydroxylation sites is 5. The third kappa shape index (κ3) is 6.23. The molecule has 69 heavy (non-hydrogen) atoms. The molecule has 0 aliphatic carbocycles. The Labute approximate surface area is 397 Å². The highest BCUT2D eigenvalue weighted by Crippen LogP contribution is 2.41. The molecule has 0 saturated carbocycles. The Morgan fingerprint density at radius 1 is 0.217 bits per heavy atom. The van der Waals surface area contributed by atoms with Crippen LogP contribution >= 0.6 is 0 Å². The highest BCUT2D eigenvalue weighted by atomic mass is 15.1. The molecule has 0 unspecified atom stereocenters. The summed E-state index contributed by atoms with van der Waals surface area (Å²) in [5, 5.41) is 7.32. The molecule has 322 valence electrons. The molecule has 10 aromatic carbocycles. The number of fused-ring (bicyclic) bond motifs is 9. The van der Waals surface area contributed by atoms with E-state index in [2.05, 4.69) is 196 Å². The van der Waals surface area contributed by atoms with Gasteiger partial charge in [0.25, 0.3) is 0 Å². The van der Waals surface area contributed by atoms with Gasteiger partial charge in [-0.05, 0) is 65.7 Å². The van der Waals surface area contributed by atoms with Crippen LogP contribution in [0.25, 0.3) is 128 Å². The van der Waals surface area contributed by atoms with E-state index in [1.807, 2.05) is 60.7 Å². The topological polar surface area (TPSA) is 53.5 Å². The van der Waals surface area contributed by atoms with Crippen molar-refractivity contribution in [2.75, 3.05) is 0 Å². The molecule has 4 aromatic heterocycles. The van der Waals surface area contributed by atoms with Crippen LogP contribution in [0.15, 0.2) is 243 Å². The number of benzene rings is 10. The van der Waals surface area contributed by atoms with Gasteiger partial charge < -0.3 is 13.7 Å². The Balaban J connectivity index is 0.980. The normalized spacial score (nSPS) is 11.8. The van der Waals surface area contributed by atoms with E-state index in [-0.39, 0.29) is 0 Å². The van der Waals surface area contributed by atoms with Crippen LogP contribution in [0, 0.1) is 0 Å². The van der Waals surface area contributed by atoms with Gasteiger partial charge >= 0.3 is 0 Å². The fourth-order valence-electron chi connectivity index (χ4n) is 10.6. The number of nitrogens with zero attached hydrogens (tertiary/aromatic N) is 6. The summed E-state index contributed by atoms with van der Waals surface area (Å²) >= 11 is 0. The van der Waals surface area contributed by atoms with E-state index in [1.165, 1.54) is 43.4 Å². The molecule has 0 amide bonds. The van der Waals surface area contributed by atoms with Gasteiger partial charge in [0.1, 0.15) is 0 Å². The average Bonchev–Trinajstić information content (AvgIpc) is 4.07. The molecule has 4 heterocycles. The maximum Gasteiger partial charge on any atom is 0.164 e. The lowest BCUT2D eigenvalue weighted by atomic mass is 10.0. The third-order valence-electron chi connectivity index (χ3n) is 13.7. The molecule has 0 radical (unpaired) electrons. The predicted molar refractivity (Wildman–Crippen MR) is 285 cm³/mol. The first kappa shape index (κ1) is 38.8. The fourth-order valence-corrected chi connectivity index (χ4v) is 10.6. The minimum absolute atomic E-state index is 0.627. The molecular weight excluding hydrogens is 841 g/mol. The number of rotatable bonds is 7. The van der Waals surface area contributed by atoms with E-state index in [4.69, 9.17) is 15.0 Å². The molecule has 0 bridgehead atoms. The SMILES string of the molecule is c1ccc(-c2nc(-c3ccccc3)nc(-c3ccc(-c4ccc(-n5c6ccccc6c6ccc(-n7c8ccccc8c8ccccc87)cc65)c(-n5c6ccccc6c6ccccc65)c4)cc3)n2)cc1. The summed E-state index contributed by atoms with van der Waals surface area (Å²) in [5.74, 6) is 1.91. The van der Waals surface area contributed by atoms with Crippen LogP contribution in [0.4, 0.5) is 0 Å². The van der Waals surface area contributed by atoms with Gasteiger partial charge in [0, 0.05) is 54.7 Å². The van der Waals surface area contributed by atoms with Crippen molar-refractivity contribution in [3.8, 4) is 62.4 Å². The fraction of sp³-hybridized carbons (Fsp3) is 0. The van der Waals surface area contributed by atoms with Crippen molar-refractivity contribution in [3.63, 3.8) is 0 Å². The van der Waals surface area contributed by atoms with Crippen LogP contribution < -0.4 is 0 Å². The molecule has 0 aliphatic heterocycles. The second kappa shape index (κ2) is 15.6. The first-order valence-electron chi connectivity index (χ1n) is 23.4. The highest BCUT2D eigenvalue weighted by molar-refractivity contribution is 6.13. The lowest BCUT2D eigenvalue weighted by Gasteiger charge is -2.19. The van der Waals surface area contributed by atoms with E-state index >= 15 is 0 Å². The van der Waals surface area contributed by atoms with Crippen LogP contribution in [0.5, 0.6) is 0 Å². The second-order valence-electron chi connectivity index (χ2n) is 17.6. The van der Waals surface area contributed by atoms with Crippen molar-refractivity contribution in [3.05, 3.63) is 243 Å². The molecule has 0 atom stereocenters. The highest BCUT2D eigenvalue weighted by Gasteiger charge is 2.22. The van der Waals surface area contributed by atoms with Crippen molar-refractivity contribution >= 4 is 65.4 Å². The average molecular weight is 881 g/mol. The summed E-state index contributed by atoms with van der Waals surface area (Å²) in [4.78, 5) is 15.0. The number of aromatic nitrogens is 6. The van der Waals surface area contributed by atoms with Crippen LogP contribution in [0.1, 0.15) is 0 Å². The zero-order valence-corrected chi connectivity index (χ0v) is 37.3. The van der Waals surface area contributed by atoms with Gasteiger partial charge in [0.05, 0.1) is 44.5 Å². The summed E-state index contributed by atoms with van der Waals surface area (Å²) in [6.07, 6.45) is 0. The van der Waals surface area contributed by atoms with Gasteiger partial charge in [-0.1, -0.05) is 188 Å². The maximum atomic E-state index is 5.02. The largest absolute Gasteiger partial charge is 0.309 e. The first-order chi connectivity index (χ1) is 34.2. The van der Waals surface area contributed by atoms with E-state index in [1.54, 1.807) is 0 Å². The first-order valence-corrected chi connectivity index (χ1v) is 23.4. The lowest BCUT2D eigenvalue weighted by Crippen LogP contribution is -2.04. The Morgan fingerprint density at radius 3 is 1.03 bits per heavy atom. The predicted octanol–water partition coefficient (Wildman–Crippen LogP) is 15.8. The van der Waals surface area contributed by atoms with Crippen LogP contribution in [0.3, 0.4) is 0 Å². The second-order valence-corrected chi connectivity index (χ2v) is 17.6. The standard InChI is InChI=1S/C63H40N6/c1-3-17-42(18-4-1)61-64-62(43-19-5-2-6-20-43)66-63(65-61)44-33-31-41(32-34-44)45-35-38-58(60(39-45)68-55-28-14-9-23-49(55)50-24-10-15-29-56(50)68)69-57-30-16-11-25-51(57)52-37-36-46(40-59(52)69)67-53-26-12-7-21-47(53)48-22-8-13-27-54(48)67/h1-40H. The summed E-state index contributed by atoms with van der Waals surface area (Å²) in [6.45, 7) is 0. The van der Waals surface area contributed by atoms with Gasteiger partial charge in [-0.2, -0.15) is 0 Å². The molecule has 6 heteroatoms. The molecule has 14 rings (SSSR count). The number of hydrogen-bond donors (Lipinski definition) is 0. The van der Waals surface area contributed by atoms with Crippen molar-refractivity contribution in [2.45, 2.75) is 0 Å². The van der Waals surface area contributed by atoms with E-state index in [0.29, 0.717) is 17.5 Å². The van der Waals surface area contributed by atoms with Gasteiger partial charge in [0.2, 0.25) is 0 Å². The zero-order valence-electron chi connectivity index (χ0n) is 37.3. The quantitative estimate of drug-likeness (QED) is 0.160. The molecule has 0 N–H and O–H groups in total. The van der Waals surface area contributed by atoms with Crippen molar-refractivity contribution in [1.29, 1.82) is 0 Å². The lowest BCUT2D eigenvalue weighted by molar-refractivity contribution is 1.07. The van der Waals surface area contributed by atoms with Crippen molar-refractivity contribution < 1.29 is 0 Å². The Morgan fingerprint density at radius 2 is 0.565 bits per heavy atom. The van der Waals surface area contributed by atoms with Gasteiger partial charge in [-0.15, -0.1) is 0 Å². The number of hydrogen-bond acceptors (Lipinski definition) is 3. The maximum absolute atomic E-state index is 5.02. The van der Waals surface area contributed by atoms with Crippen LogP contribution in [-0.2, 0) is 0 Å². The Bertz CT molecular complexity index is 4130.